The molecule has 0 spiro atoms. The third-order valence-electron chi connectivity index (χ3n) is 3.11. The second-order valence-electron chi connectivity index (χ2n) is 4.26. The van der Waals surface area contributed by atoms with E-state index < -0.39 is 0 Å². The molecule has 0 aliphatic rings. The molecule has 5 heteroatoms. The van der Waals surface area contributed by atoms with Crippen LogP contribution in [-0.4, -0.2) is 15.0 Å². The number of rotatable bonds is 2. The van der Waals surface area contributed by atoms with Gasteiger partial charge in [-0.1, -0.05) is 0 Å². The summed E-state index contributed by atoms with van der Waals surface area (Å²) in [5.74, 6) is 0.498. The van der Waals surface area contributed by atoms with Crippen molar-refractivity contribution in [1.29, 1.82) is 0 Å². The standard InChI is InChI=1S/C13H13FN4/c1-7-9-4-8(14)2-3-10(9)18-13(7)11-6-16-12(5-15)17-11/h2-4,6,18H,5,15H2,1H3,(H,16,17). The first-order valence-corrected chi connectivity index (χ1v) is 5.71. The van der Waals surface area contributed by atoms with Gasteiger partial charge in [0.2, 0.25) is 0 Å². The zero-order valence-corrected chi connectivity index (χ0v) is 9.92. The van der Waals surface area contributed by atoms with Crippen LogP contribution in [0.2, 0.25) is 0 Å². The van der Waals surface area contributed by atoms with E-state index in [0.29, 0.717) is 6.54 Å². The molecule has 3 rings (SSSR count). The first-order chi connectivity index (χ1) is 8.69. The van der Waals surface area contributed by atoms with Crippen molar-refractivity contribution >= 4 is 10.9 Å². The van der Waals surface area contributed by atoms with E-state index in [1.165, 1.54) is 12.1 Å². The fourth-order valence-corrected chi connectivity index (χ4v) is 2.16. The summed E-state index contributed by atoms with van der Waals surface area (Å²) in [7, 11) is 0. The Bertz CT molecular complexity index is 711. The maximum Gasteiger partial charge on any atom is 0.123 e. The van der Waals surface area contributed by atoms with Crippen LogP contribution in [0, 0.1) is 12.7 Å². The van der Waals surface area contributed by atoms with E-state index in [9.17, 15) is 4.39 Å². The van der Waals surface area contributed by atoms with Crippen molar-refractivity contribution in [2.45, 2.75) is 13.5 Å². The number of nitrogens with one attached hydrogen (secondary N) is 2. The molecule has 4 nitrogen and oxygen atoms in total. The fourth-order valence-electron chi connectivity index (χ4n) is 2.16. The minimum absolute atomic E-state index is 0.233. The third kappa shape index (κ3) is 1.60. The van der Waals surface area contributed by atoms with E-state index in [1.807, 2.05) is 6.92 Å². The summed E-state index contributed by atoms with van der Waals surface area (Å²) in [6.07, 6.45) is 1.73. The largest absolute Gasteiger partial charge is 0.353 e. The van der Waals surface area contributed by atoms with Gasteiger partial charge in [-0.3, -0.25) is 0 Å². The highest BCUT2D eigenvalue weighted by atomic mass is 19.1. The second-order valence-corrected chi connectivity index (χ2v) is 4.26. The SMILES string of the molecule is Cc1c(-c2cnc(CN)[nH]2)[nH]c2ccc(F)cc12. The van der Waals surface area contributed by atoms with Crippen LogP contribution in [0.3, 0.4) is 0 Å². The Balaban J connectivity index is 2.20. The maximum atomic E-state index is 13.2. The molecule has 0 radical (unpaired) electrons. The number of fused-ring (bicyclic) bond motifs is 1. The quantitative estimate of drug-likeness (QED) is 0.648. The normalized spacial score (nSPS) is 11.3. The summed E-state index contributed by atoms with van der Waals surface area (Å²) < 4.78 is 13.2. The summed E-state index contributed by atoms with van der Waals surface area (Å²) in [5.41, 5.74) is 9.21. The zero-order valence-electron chi connectivity index (χ0n) is 9.92. The van der Waals surface area contributed by atoms with Crippen molar-refractivity contribution in [3.63, 3.8) is 0 Å². The van der Waals surface area contributed by atoms with E-state index in [-0.39, 0.29) is 5.82 Å². The molecule has 2 aromatic heterocycles. The van der Waals surface area contributed by atoms with Crippen molar-refractivity contribution in [3.8, 4) is 11.4 Å². The summed E-state index contributed by atoms with van der Waals surface area (Å²) in [6, 6.07) is 4.71. The highest BCUT2D eigenvalue weighted by Gasteiger charge is 2.12. The first-order valence-electron chi connectivity index (χ1n) is 5.71. The predicted molar refractivity (Wildman–Crippen MR) is 68.5 cm³/mol. The molecule has 1 aromatic carbocycles. The highest BCUT2D eigenvalue weighted by molar-refractivity contribution is 5.89. The first kappa shape index (κ1) is 11.0. The Morgan fingerprint density at radius 3 is 2.89 bits per heavy atom. The summed E-state index contributed by atoms with van der Waals surface area (Å²) in [6.45, 7) is 2.32. The Morgan fingerprint density at radius 2 is 2.17 bits per heavy atom. The molecular weight excluding hydrogens is 231 g/mol. The number of aromatic amines is 2. The molecular formula is C13H13FN4. The molecule has 0 unspecified atom stereocenters. The Hall–Kier alpha value is -2.14. The van der Waals surface area contributed by atoms with Crippen molar-refractivity contribution in [2.75, 3.05) is 0 Å². The maximum absolute atomic E-state index is 13.2. The van der Waals surface area contributed by atoms with Crippen molar-refractivity contribution < 1.29 is 4.39 Å². The van der Waals surface area contributed by atoms with Gasteiger partial charge in [0.05, 0.1) is 24.1 Å². The molecule has 0 fully saturated rings. The number of nitrogens with two attached hydrogens (primary N) is 1. The Labute approximate surface area is 103 Å². The molecule has 0 aliphatic carbocycles. The molecule has 4 N–H and O–H groups in total. The number of nitrogens with zero attached hydrogens (tertiary/aromatic N) is 1. The van der Waals surface area contributed by atoms with Crippen LogP contribution in [0.25, 0.3) is 22.3 Å². The van der Waals surface area contributed by atoms with Crippen molar-refractivity contribution in [2.24, 2.45) is 5.73 Å². The summed E-state index contributed by atoms with van der Waals surface area (Å²) >= 11 is 0. The number of hydrogen-bond donors (Lipinski definition) is 3. The molecule has 3 aromatic rings. The second kappa shape index (κ2) is 3.96. The lowest BCUT2D eigenvalue weighted by molar-refractivity contribution is 0.629. The number of hydrogen-bond acceptors (Lipinski definition) is 2. The zero-order chi connectivity index (χ0) is 12.7. The molecule has 0 amide bonds. The number of aryl methyl sites for hydroxylation is 1. The minimum Gasteiger partial charge on any atom is -0.353 e. The van der Waals surface area contributed by atoms with Crippen LogP contribution in [0.5, 0.6) is 0 Å². The van der Waals surface area contributed by atoms with Crippen molar-refractivity contribution in [1.82, 2.24) is 15.0 Å². The number of halogens is 1. The van der Waals surface area contributed by atoms with Crippen molar-refractivity contribution in [3.05, 3.63) is 41.6 Å². The molecule has 0 bridgehead atoms. The number of imidazole rings is 1. The molecule has 0 saturated heterocycles. The highest BCUT2D eigenvalue weighted by Crippen LogP contribution is 2.28. The Morgan fingerprint density at radius 1 is 1.33 bits per heavy atom. The number of aromatic nitrogens is 3. The lowest BCUT2D eigenvalue weighted by Crippen LogP contribution is -1.97. The monoisotopic (exact) mass is 244 g/mol. The van der Waals surface area contributed by atoms with E-state index in [2.05, 4.69) is 15.0 Å². The topological polar surface area (TPSA) is 70.5 Å². The van der Waals surface area contributed by atoms with Gasteiger partial charge in [-0.2, -0.15) is 0 Å². The van der Waals surface area contributed by atoms with Gasteiger partial charge in [0.15, 0.2) is 0 Å². The van der Waals surface area contributed by atoms with E-state index in [1.54, 1.807) is 12.3 Å². The molecule has 0 aliphatic heterocycles. The van der Waals surface area contributed by atoms with Gasteiger partial charge in [0.1, 0.15) is 11.6 Å². The summed E-state index contributed by atoms with van der Waals surface area (Å²) in [4.78, 5) is 10.6. The van der Waals surface area contributed by atoms with Crippen LogP contribution in [0.15, 0.2) is 24.4 Å². The minimum atomic E-state index is -0.233. The average Bonchev–Trinajstić information content (AvgIpc) is 2.95. The molecule has 0 atom stereocenters. The van der Waals surface area contributed by atoms with Crippen LogP contribution >= 0.6 is 0 Å². The summed E-state index contributed by atoms with van der Waals surface area (Å²) in [5, 5.41) is 0.883. The van der Waals surface area contributed by atoms with Crippen LogP contribution < -0.4 is 5.73 Å². The van der Waals surface area contributed by atoms with Gasteiger partial charge in [0.25, 0.3) is 0 Å². The lowest BCUT2D eigenvalue weighted by atomic mass is 10.1. The van der Waals surface area contributed by atoms with Crippen LogP contribution in [0.1, 0.15) is 11.4 Å². The number of H-pyrrole nitrogens is 2. The molecule has 2 heterocycles. The van der Waals surface area contributed by atoms with Crippen LogP contribution in [0.4, 0.5) is 4.39 Å². The molecule has 92 valence electrons. The predicted octanol–water partition coefficient (Wildman–Crippen LogP) is 2.46. The van der Waals surface area contributed by atoms with Gasteiger partial charge in [-0.05, 0) is 30.7 Å². The third-order valence-corrected chi connectivity index (χ3v) is 3.11. The average molecular weight is 244 g/mol. The molecule has 0 saturated carbocycles. The van der Waals surface area contributed by atoms with E-state index >= 15 is 0 Å². The number of benzene rings is 1. The van der Waals surface area contributed by atoms with Crippen LogP contribution in [-0.2, 0) is 6.54 Å². The van der Waals surface area contributed by atoms with Gasteiger partial charge in [-0.25, -0.2) is 9.37 Å². The Kier molecular flexibility index (Phi) is 2.41. The van der Waals surface area contributed by atoms with Gasteiger partial charge < -0.3 is 15.7 Å². The van der Waals surface area contributed by atoms with Gasteiger partial charge >= 0.3 is 0 Å². The fraction of sp³-hybridized carbons (Fsp3) is 0.154. The molecule has 18 heavy (non-hydrogen) atoms. The lowest BCUT2D eigenvalue weighted by Gasteiger charge is -1.95. The smallest absolute Gasteiger partial charge is 0.123 e. The van der Waals surface area contributed by atoms with Gasteiger partial charge in [-0.15, -0.1) is 0 Å². The van der Waals surface area contributed by atoms with Gasteiger partial charge in [0, 0.05) is 10.9 Å². The van der Waals surface area contributed by atoms with E-state index in [4.69, 9.17) is 5.73 Å². The van der Waals surface area contributed by atoms with E-state index in [0.717, 1.165) is 33.7 Å².